The third-order valence-electron chi connectivity index (χ3n) is 4.81. The van der Waals surface area contributed by atoms with Crippen molar-refractivity contribution in [2.45, 2.75) is 18.8 Å². The van der Waals surface area contributed by atoms with Crippen molar-refractivity contribution in [2.24, 2.45) is 5.73 Å². The predicted octanol–water partition coefficient (Wildman–Crippen LogP) is 2.73. The number of nitrogens with two attached hydrogens (primary N) is 1. The van der Waals surface area contributed by atoms with Gasteiger partial charge in [0.05, 0.1) is 16.6 Å². The molecule has 3 aromatic rings. The largest absolute Gasteiger partial charge is 0.366 e. The zero-order chi connectivity index (χ0) is 17.4. The first-order valence-corrected chi connectivity index (χ1v) is 8.42. The van der Waals surface area contributed by atoms with Crippen molar-refractivity contribution in [3.63, 3.8) is 0 Å². The molecule has 4 rings (SSSR count). The maximum Gasteiger partial charge on any atom is 0.250 e. The van der Waals surface area contributed by atoms with Crippen molar-refractivity contribution in [2.75, 3.05) is 13.1 Å². The summed E-state index contributed by atoms with van der Waals surface area (Å²) in [4.78, 5) is 11.5. The first-order chi connectivity index (χ1) is 12.1. The fraction of sp³-hybridized carbons (Fsp3) is 0.263. The normalized spacial score (nSPS) is 17.7. The Morgan fingerprint density at radius 3 is 2.72 bits per heavy atom. The molecule has 25 heavy (non-hydrogen) atoms. The first kappa shape index (κ1) is 15.8. The molecule has 1 atom stereocenters. The highest BCUT2D eigenvalue weighted by Crippen LogP contribution is 2.26. The standard InChI is InChI=1S/C19H19FN4O/c20-17-8-7-15(19(21)25)18-16(17)11-24(23-18)14-5-3-12(4-6-14)13-2-1-9-22-10-13/h3-8,11,13,22H,1-2,9-10H2,(H2,21,25)/t13-/m0/s1. The summed E-state index contributed by atoms with van der Waals surface area (Å²) in [5.74, 6) is -0.509. The van der Waals surface area contributed by atoms with Crippen LogP contribution in [0.25, 0.3) is 16.6 Å². The van der Waals surface area contributed by atoms with Crippen LogP contribution < -0.4 is 11.1 Å². The highest BCUT2D eigenvalue weighted by Gasteiger charge is 2.17. The topological polar surface area (TPSA) is 72.9 Å². The number of carbonyl (C=O) groups excluding carboxylic acids is 1. The third-order valence-corrected chi connectivity index (χ3v) is 4.81. The molecule has 0 spiro atoms. The van der Waals surface area contributed by atoms with E-state index in [1.165, 1.54) is 30.5 Å². The Hall–Kier alpha value is -2.73. The Morgan fingerprint density at radius 1 is 1.24 bits per heavy atom. The summed E-state index contributed by atoms with van der Waals surface area (Å²) >= 11 is 0. The van der Waals surface area contributed by atoms with Crippen molar-refractivity contribution in [1.29, 1.82) is 0 Å². The van der Waals surface area contributed by atoms with E-state index in [9.17, 15) is 9.18 Å². The number of fused-ring (bicyclic) bond motifs is 1. The van der Waals surface area contributed by atoms with Crippen LogP contribution >= 0.6 is 0 Å². The van der Waals surface area contributed by atoms with Gasteiger partial charge in [0, 0.05) is 12.7 Å². The van der Waals surface area contributed by atoms with Crippen LogP contribution in [0.15, 0.2) is 42.6 Å². The number of halogens is 1. The second-order valence-corrected chi connectivity index (χ2v) is 6.43. The summed E-state index contributed by atoms with van der Waals surface area (Å²) < 4.78 is 15.6. The molecule has 0 bridgehead atoms. The van der Waals surface area contributed by atoms with Gasteiger partial charge in [0.15, 0.2) is 0 Å². The number of benzene rings is 2. The van der Waals surface area contributed by atoms with Crippen molar-refractivity contribution in [3.8, 4) is 5.69 Å². The highest BCUT2D eigenvalue weighted by atomic mass is 19.1. The monoisotopic (exact) mass is 338 g/mol. The third kappa shape index (κ3) is 2.89. The van der Waals surface area contributed by atoms with Crippen LogP contribution in [0.1, 0.15) is 34.7 Å². The van der Waals surface area contributed by atoms with Gasteiger partial charge in [-0.15, -0.1) is 0 Å². The van der Waals surface area contributed by atoms with E-state index in [1.54, 1.807) is 10.9 Å². The molecule has 1 saturated heterocycles. The zero-order valence-corrected chi connectivity index (χ0v) is 13.7. The first-order valence-electron chi connectivity index (χ1n) is 8.42. The number of nitrogens with zero attached hydrogens (tertiary/aromatic N) is 2. The smallest absolute Gasteiger partial charge is 0.250 e. The molecule has 0 aliphatic carbocycles. The molecule has 2 aromatic carbocycles. The molecule has 3 N–H and O–H groups in total. The van der Waals surface area contributed by atoms with E-state index in [0.717, 1.165) is 18.8 Å². The molecule has 128 valence electrons. The lowest BCUT2D eigenvalue weighted by Gasteiger charge is -2.23. The Bertz CT molecular complexity index is 926. The van der Waals surface area contributed by atoms with E-state index in [4.69, 9.17) is 5.73 Å². The second-order valence-electron chi connectivity index (χ2n) is 6.43. The van der Waals surface area contributed by atoms with E-state index in [2.05, 4.69) is 22.5 Å². The van der Waals surface area contributed by atoms with Gasteiger partial charge < -0.3 is 11.1 Å². The van der Waals surface area contributed by atoms with Gasteiger partial charge in [0.1, 0.15) is 11.3 Å². The zero-order valence-electron chi connectivity index (χ0n) is 13.7. The maximum absolute atomic E-state index is 14.1. The number of rotatable bonds is 3. The van der Waals surface area contributed by atoms with Crippen LogP contribution in [-0.2, 0) is 0 Å². The van der Waals surface area contributed by atoms with Crippen molar-refractivity contribution in [3.05, 3.63) is 59.5 Å². The summed E-state index contributed by atoms with van der Waals surface area (Å²) in [5, 5.41) is 8.08. The number of hydrogen-bond donors (Lipinski definition) is 2. The van der Waals surface area contributed by atoms with Gasteiger partial charge in [0.25, 0.3) is 5.91 Å². The SMILES string of the molecule is NC(=O)c1ccc(F)c2cn(-c3ccc([C@H]4CCCNC4)cc3)nc12. The lowest BCUT2D eigenvalue weighted by molar-refractivity contribution is 0.100. The van der Waals surface area contributed by atoms with Gasteiger partial charge in [-0.05, 0) is 55.1 Å². The summed E-state index contributed by atoms with van der Waals surface area (Å²) in [6.07, 6.45) is 3.96. The van der Waals surface area contributed by atoms with E-state index < -0.39 is 11.7 Å². The number of amides is 1. The lowest BCUT2D eigenvalue weighted by atomic mass is 9.92. The number of hydrogen-bond acceptors (Lipinski definition) is 3. The van der Waals surface area contributed by atoms with Gasteiger partial charge in [0.2, 0.25) is 0 Å². The van der Waals surface area contributed by atoms with Gasteiger partial charge in [-0.25, -0.2) is 9.07 Å². The number of carbonyl (C=O) groups is 1. The number of nitrogens with one attached hydrogen (secondary N) is 1. The molecule has 1 fully saturated rings. The fourth-order valence-corrected chi connectivity index (χ4v) is 3.44. The molecule has 1 aliphatic rings. The van der Waals surface area contributed by atoms with Crippen LogP contribution in [0, 0.1) is 5.82 Å². The Balaban J connectivity index is 1.71. The highest BCUT2D eigenvalue weighted by molar-refractivity contribution is 6.04. The minimum absolute atomic E-state index is 0.222. The molecule has 1 aromatic heterocycles. The molecule has 2 heterocycles. The molecular weight excluding hydrogens is 319 g/mol. The van der Waals surface area contributed by atoms with Crippen molar-refractivity contribution in [1.82, 2.24) is 15.1 Å². The Kier molecular flexibility index (Phi) is 3.97. The summed E-state index contributed by atoms with van der Waals surface area (Å²) in [7, 11) is 0. The van der Waals surface area contributed by atoms with Crippen LogP contribution in [0.4, 0.5) is 4.39 Å². The van der Waals surface area contributed by atoms with Crippen LogP contribution in [-0.4, -0.2) is 28.8 Å². The van der Waals surface area contributed by atoms with Crippen molar-refractivity contribution < 1.29 is 9.18 Å². The van der Waals surface area contributed by atoms with E-state index in [1.807, 2.05) is 12.1 Å². The fourth-order valence-electron chi connectivity index (χ4n) is 3.44. The van der Waals surface area contributed by atoms with E-state index in [0.29, 0.717) is 5.92 Å². The van der Waals surface area contributed by atoms with Gasteiger partial charge in [-0.2, -0.15) is 5.10 Å². The van der Waals surface area contributed by atoms with E-state index in [-0.39, 0.29) is 16.5 Å². The average Bonchev–Trinajstić information content (AvgIpc) is 3.09. The summed E-state index contributed by atoms with van der Waals surface area (Å²) in [5.41, 5.74) is 7.98. The molecule has 1 amide bonds. The summed E-state index contributed by atoms with van der Waals surface area (Å²) in [6.45, 7) is 2.08. The molecule has 0 radical (unpaired) electrons. The number of aromatic nitrogens is 2. The van der Waals surface area contributed by atoms with Gasteiger partial charge >= 0.3 is 0 Å². The predicted molar refractivity (Wildman–Crippen MR) is 94.4 cm³/mol. The average molecular weight is 338 g/mol. The Labute approximate surface area is 144 Å². The molecule has 1 aliphatic heterocycles. The molecule has 0 saturated carbocycles. The number of primary amides is 1. The summed E-state index contributed by atoms with van der Waals surface area (Å²) in [6, 6.07) is 10.7. The van der Waals surface area contributed by atoms with Crippen LogP contribution in [0.5, 0.6) is 0 Å². The Morgan fingerprint density at radius 2 is 2.04 bits per heavy atom. The maximum atomic E-state index is 14.1. The van der Waals surface area contributed by atoms with Gasteiger partial charge in [-0.3, -0.25) is 4.79 Å². The molecule has 5 nitrogen and oxygen atoms in total. The van der Waals surface area contributed by atoms with E-state index >= 15 is 0 Å². The molecule has 6 heteroatoms. The minimum Gasteiger partial charge on any atom is -0.366 e. The molecular formula is C19H19FN4O. The number of piperidine rings is 1. The second kappa shape index (κ2) is 6.29. The lowest BCUT2D eigenvalue weighted by Crippen LogP contribution is -2.28. The van der Waals surface area contributed by atoms with Gasteiger partial charge in [-0.1, -0.05) is 12.1 Å². The van der Waals surface area contributed by atoms with Crippen molar-refractivity contribution >= 4 is 16.8 Å². The quantitative estimate of drug-likeness (QED) is 0.771. The van der Waals surface area contributed by atoms with Crippen LogP contribution in [0.2, 0.25) is 0 Å². The molecule has 0 unspecified atom stereocenters. The minimum atomic E-state index is -0.615. The van der Waals surface area contributed by atoms with Crippen LogP contribution in [0.3, 0.4) is 0 Å².